The number of anilines is 1. The van der Waals surface area contributed by atoms with E-state index in [-0.39, 0.29) is 11.9 Å². The fraction of sp³-hybridized carbons (Fsp3) is 0.682. The quantitative estimate of drug-likeness (QED) is 0.688. The van der Waals surface area contributed by atoms with E-state index in [9.17, 15) is 13.2 Å². The molecular formula is C22H35N3O3S. The van der Waals surface area contributed by atoms with Crippen molar-refractivity contribution in [3.63, 3.8) is 0 Å². The van der Waals surface area contributed by atoms with Gasteiger partial charge in [0.2, 0.25) is 10.0 Å². The van der Waals surface area contributed by atoms with Crippen LogP contribution in [0.1, 0.15) is 56.0 Å². The summed E-state index contributed by atoms with van der Waals surface area (Å²) in [5, 5.41) is 3.01. The lowest BCUT2D eigenvalue weighted by atomic mass is 9.92. The third-order valence-corrected chi connectivity index (χ3v) is 7.25. The number of carbonyl (C=O) groups is 1. The lowest BCUT2D eigenvalue weighted by Crippen LogP contribution is -2.39. The largest absolute Gasteiger partial charge is 0.352 e. The van der Waals surface area contributed by atoms with Gasteiger partial charge in [0.25, 0.3) is 5.91 Å². The fourth-order valence-corrected chi connectivity index (χ4v) is 6.25. The second-order valence-corrected chi connectivity index (χ2v) is 11.0. The van der Waals surface area contributed by atoms with E-state index in [0.29, 0.717) is 24.2 Å². The van der Waals surface area contributed by atoms with Crippen molar-refractivity contribution in [2.75, 3.05) is 36.7 Å². The van der Waals surface area contributed by atoms with Gasteiger partial charge in [0.1, 0.15) is 0 Å². The Morgan fingerprint density at radius 2 is 1.83 bits per heavy atom. The Bertz CT molecular complexity index is 830. The van der Waals surface area contributed by atoms with Gasteiger partial charge < -0.3 is 10.2 Å². The van der Waals surface area contributed by atoms with Crippen molar-refractivity contribution in [1.82, 2.24) is 10.2 Å². The molecule has 2 aliphatic rings. The van der Waals surface area contributed by atoms with Crippen LogP contribution in [0.25, 0.3) is 0 Å². The molecule has 0 spiro atoms. The zero-order valence-corrected chi connectivity index (χ0v) is 19.0. The summed E-state index contributed by atoms with van der Waals surface area (Å²) in [7, 11) is -3.31. The van der Waals surface area contributed by atoms with Crippen molar-refractivity contribution in [2.24, 2.45) is 11.8 Å². The number of hydrogen-bond donors (Lipinski definition) is 1. The molecule has 2 aliphatic heterocycles. The standard InChI is InChI=1S/C22H35N3O3S/c1-16-11-17(2)15-24(14-16)10-6-5-9-23-22(26)19-7-8-21-20(13-19)12-18(3)25(21)29(4,27)28/h7-8,13,16-18H,5-6,9-12,14-15H2,1-4H3,(H,23,26). The summed E-state index contributed by atoms with van der Waals surface area (Å²) in [6.45, 7) is 10.7. The molecule has 0 saturated carbocycles. The molecule has 0 bridgehead atoms. The first-order chi connectivity index (χ1) is 13.6. The maximum Gasteiger partial charge on any atom is 0.251 e. The minimum atomic E-state index is -3.31. The first kappa shape index (κ1) is 22.1. The molecule has 0 radical (unpaired) electrons. The van der Waals surface area contributed by atoms with Crippen molar-refractivity contribution in [3.8, 4) is 0 Å². The molecule has 1 aromatic carbocycles. The van der Waals surface area contributed by atoms with Crippen LogP contribution in [-0.4, -0.2) is 57.7 Å². The summed E-state index contributed by atoms with van der Waals surface area (Å²) in [4.78, 5) is 15.1. The number of amides is 1. The van der Waals surface area contributed by atoms with E-state index >= 15 is 0 Å². The fourth-order valence-electron chi connectivity index (χ4n) is 4.99. The van der Waals surface area contributed by atoms with E-state index in [1.165, 1.54) is 30.1 Å². The molecule has 2 heterocycles. The molecule has 1 aromatic rings. The highest BCUT2D eigenvalue weighted by molar-refractivity contribution is 7.92. The number of piperidine rings is 1. The predicted octanol–water partition coefficient (Wildman–Crippen LogP) is 2.89. The second kappa shape index (κ2) is 9.04. The van der Waals surface area contributed by atoms with Crippen LogP contribution in [0.4, 0.5) is 5.69 Å². The predicted molar refractivity (Wildman–Crippen MR) is 118 cm³/mol. The molecule has 3 rings (SSSR count). The van der Waals surface area contributed by atoms with Crippen molar-refractivity contribution < 1.29 is 13.2 Å². The third-order valence-electron chi connectivity index (χ3n) is 5.98. The minimum Gasteiger partial charge on any atom is -0.352 e. The highest BCUT2D eigenvalue weighted by Crippen LogP contribution is 2.34. The van der Waals surface area contributed by atoms with Crippen molar-refractivity contribution in [2.45, 2.75) is 52.5 Å². The Hall–Kier alpha value is -1.60. The molecule has 0 aliphatic carbocycles. The summed E-state index contributed by atoms with van der Waals surface area (Å²) in [6, 6.07) is 5.20. The Morgan fingerprint density at radius 1 is 1.14 bits per heavy atom. The van der Waals surface area contributed by atoms with E-state index in [1.807, 2.05) is 13.0 Å². The maximum absolute atomic E-state index is 12.5. The molecular weight excluding hydrogens is 386 g/mol. The van der Waals surface area contributed by atoms with E-state index in [4.69, 9.17) is 0 Å². The summed E-state index contributed by atoms with van der Waals surface area (Å²) < 4.78 is 25.5. The van der Waals surface area contributed by atoms with Crippen molar-refractivity contribution in [1.29, 1.82) is 0 Å². The number of unbranched alkanes of at least 4 members (excludes halogenated alkanes) is 1. The molecule has 3 unspecified atom stereocenters. The van der Waals surface area contributed by atoms with E-state index in [1.54, 1.807) is 12.1 Å². The number of rotatable bonds is 7. The Kier molecular flexibility index (Phi) is 6.89. The highest BCUT2D eigenvalue weighted by Gasteiger charge is 2.32. The lowest BCUT2D eigenvalue weighted by molar-refractivity contribution is 0.0951. The number of nitrogens with one attached hydrogen (secondary N) is 1. The van der Waals surface area contributed by atoms with Gasteiger partial charge in [-0.2, -0.15) is 0 Å². The van der Waals surface area contributed by atoms with Gasteiger partial charge in [-0.05, 0) is 74.8 Å². The van der Waals surface area contributed by atoms with Gasteiger partial charge in [0.05, 0.1) is 11.9 Å². The van der Waals surface area contributed by atoms with E-state index in [0.717, 1.165) is 36.8 Å². The van der Waals surface area contributed by atoms with Crippen LogP contribution in [-0.2, 0) is 16.4 Å². The molecule has 3 atom stereocenters. The van der Waals surface area contributed by atoms with Crippen LogP contribution < -0.4 is 9.62 Å². The van der Waals surface area contributed by atoms with Crippen molar-refractivity contribution >= 4 is 21.6 Å². The number of nitrogens with zero attached hydrogens (tertiary/aromatic N) is 2. The first-order valence-corrected chi connectivity index (χ1v) is 12.6. The molecule has 0 aromatic heterocycles. The number of likely N-dealkylation sites (tertiary alicyclic amines) is 1. The lowest BCUT2D eigenvalue weighted by Gasteiger charge is -2.34. The van der Waals surface area contributed by atoms with Gasteiger partial charge in [0, 0.05) is 31.2 Å². The number of hydrogen-bond acceptors (Lipinski definition) is 4. The monoisotopic (exact) mass is 421 g/mol. The van der Waals surface area contributed by atoms with Gasteiger partial charge in [-0.15, -0.1) is 0 Å². The van der Waals surface area contributed by atoms with Gasteiger partial charge in [0.15, 0.2) is 0 Å². The zero-order chi connectivity index (χ0) is 21.2. The Morgan fingerprint density at radius 3 is 2.48 bits per heavy atom. The average molecular weight is 422 g/mol. The van der Waals surface area contributed by atoms with Crippen LogP contribution in [0.2, 0.25) is 0 Å². The summed E-state index contributed by atoms with van der Waals surface area (Å²) >= 11 is 0. The topological polar surface area (TPSA) is 69.7 Å². The molecule has 162 valence electrons. The zero-order valence-electron chi connectivity index (χ0n) is 18.1. The van der Waals surface area contributed by atoms with Crippen LogP contribution in [0.5, 0.6) is 0 Å². The van der Waals surface area contributed by atoms with E-state index < -0.39 is 10.0 Å². The van der Waals surface area contributed by atoms with Gasteiger partial charge in [-0.3, -0.25) is 9.10 Å². The molecule has 1 amide bonds. The van der Waals surface area contributed by atoms with Crippen LogP contribution >= 0.6 is 0 Å². The normalized spacial score (nSPS) is 25.1. The van der Waals surface area contributed by atoms with Crippen LogP contribution in [0.15, 0.2) is 18.2 Å². The van der Waals surface area contributed by atoms with E-state index in [2.05, 4.69) is 24.1 Å². The SMILES string of the molecule is CC1CC(C)CN(CCCCNC(=O)c2ccc3c(c2)CC(C)N3S(C)(=O)=O)C1. The smallest absolute Gasteiger partial charge is 0.251 e. The maximum atomic E-state index is 12.5. The number of sulfonamides is 1. The third kappa shape index (κ3) is 5.51. The Labute approximate surface area is 175 Å². The number of fused-ring (bicyclic) bond motifs is 1. The average Bonchev–Trinajstić information content (AvgIpc) is 2.95. The number of benzene rings is 1. The molecule has 1 saturated heterocycles. The first-order valence-electron chi connectivity index (χ1n) is 10.8. The molecule has 6 nitrogen and oxygen atoms in total. The summed E-state index contributed by atoms with van der Waals surface area (Å²) in [5.74, 6) is 1.47. The molecule has 1 fully saturated rings. The van der Waals surface area contributed by atoms with Crippen LogP contribution in [0.3, 0.4) is 0 Å². The van der Waals surface area contributed by atoms with Gasteiger partial charge >= 0.3 is 0 Å². The van der Waals surface area contributed by atoms with Crippen LogP contribution in [0, 0.1) is 11.8 Å². The molecule has 7 heteroatoms. The Balaban J connectivity index is 1.47. The van der Waals surface area contributed by atoms with Gasteiger partial charge in [-0.25, -0.2) is 8.42 Å². The van der Waals surface area contributed by atoms with Gasteiger partial charge in [-0.1, -0.05) is 13.8 Å². The summed E-state index contributed by atoms with van der Waals surface area (Å²) in [5.41, 5.74) is 2.22. The molecule has 29 heavy (non-hydrogen) atoms. The highest BCUT2D eigenvalue weighted by atomic mass is 32.2. The minimum absolute atomic E-state index is 0.0847. The summed E-state index contributed by atoms with van der Waals surface area (Å²) in [6.07, 6.45) is 5.24. The number of carbonyl (C=O) groups excluding carboxylic acids is 1. The second-order valence-electron chi connectivity index (χ2n) is 9.12. The van der Waals surface area contributed by atoms with Crippen molar-refractivity contribution in [3.05, 3.63) is 29.3 Å². The molecule has 1 N–H and O–H groups in total.